The number of sulfone groups is 1. The van der Waals surface area contributed by atoms with E-state index in [1.165, 1.54) is 41.6 Å². The van der Waals surface area contributed by atoms with Crippen LogP contribution in [0.3, 0.4) is 0 Å². The molecule has 1 fully saturated rings. The van der Waals surface area contributed by atoms with Gasteiger partial charge in [0.25, 0.3) is 0 Å². The first-order valence-corrected chi connectivity index (χ1v) is 14.1. The largest absolute Gasteiger partial charge is 0.335 e. The van der Waals surface area contributed by atoms with E-state index < -0.39 is 9.84 Å². The van der Waals surface area contributed by atoms with Gasteiger partial charge >= 0.3 is 0 Å². The quantitative estimate of drug-likeness (QED) is 0.358. The number of aromatic nitrogens is 2. The standard InChI is InChI=1S/C22H24FN3O3S3/c1-3-14(2)26(17-8-9-32(28,29)12-17)19(27)11-31-22-20-18(10-30-21(20)24-13-25-22)15-4-6-16(23)7-5-15/h4-7,10,13-14,17H,3,8-9,11-12H2,1-2H3/t14-,17+/m0/s1. The van der Waals surface area contributed by atoms with Gasteiger partial charge in [-0.15, -0.1) is 11.3 Å². The number of halogens is 1. The van der Waals surface area contributed by atoms with Crippen molar-refractivity contribution in [3.05, 3.63) is 41.8 Å². The molecule has 0 unspecified atom stereocenters. The van der Waals surface area contributed by atoms with E-state index in [4.69, 9.17) is 0 Å². The summed E-state index contributed by atoms with van der Waals surface area (Å²) in [5.74, 6) is -0.0650. The molecule has 1 aromatic carbocycles. The average molecular weight is 494 g/mol. The van der Waals surface area contributed by atoms with Crippen LogP contribution in [0.15, 0.2) is 41.0 Å². The van der Waals surface area contributed by atoms with Crippen molar-refractivity contribution in [2.24, 2.45) is 0 Å². The van der Waals surface area contributed by atoms with E-state index in [1.54, 1.807) is 17.0 Å². The Hall–Kier alpha value is -2.04. The summed E-state index contributed by atoms with van der Waals surface area (Å²) in [6.45, 7) is 3.96. The minimum atomic E-state index is -3.09. The Kier molecular flexibility index (Phi) is 6.83. The predicted octanol–water partition coefficient (Wildman–Crippen LogP) is 4.40. The molecule has 0 bridgehead atoms. The molecule has 2 atom stereocenters. The Bertz CT molecular complexity index is 1230. The number of hydrogen-bond donors (Lipinski definition) is 0. The van der Waals surface area contributed by atoms with Gasteiger partial charge in [0, 0.05) is 23.0 Å². The molecule has 4 rings (SSSR count). The zero-order valence-electron chi connectivity index (χ0n) is 17.8. The molecule has 0 radical (unpaired) electrons. The van der Waals surface area contributed by atoms with Gasteiger partial charge in [-0.05, 0) is 37.5 Å². The Morgan fingerprint density at radius 2 is 2.06 bits per heavy atom. The fourth-order valence-electron chi connectivity index (χ4n) is 4.00. The zero-order valence-corrected chi connectivity index (χ0v) is 20.3. The molecule has 0 aliphatic carbocycles. The highest BCUT2D eigenvalue weighted by atomic mass is 32.2. The maximum Gasteiger partial charge on any atom is 0.233 e. The molecule has 3 heterocycles. The molecule has 32 heavy (non-hydrogen) atoms. The van der Waals surface area contributed by atoms with Crippen LogP contribution in [0.2, 0.25) is 0 Å². The van der Waals surface area contributed by atoms with Gasteiger partial charge in [0.1, 0.15) is 22.0 Å². The summed E-state index contributed by atoms with van der Waals surface area (Å²) in [4.78, 5) is 24.5. The maximum absolute atomic E-state index is 13.4. The average Bonchev–Trinajstić information content (AvgIpc) is 3.36. The second-order valence-electron chi connectivity index (χ2n) is 7.92. The summed E-state index contributed by atoms with van der Waals surface area (Å²) in [6.07, 6.45) is 2.72. The summed E-state index contributed by atoms with van der Waals surface area (Å²) >= 11 is 2.81. The van der Waals surface area contributed by atoms with Gasteiger partial charge in [-0.25, -0.2) is 22.8 Å². The van der Waals surface area contributed by atoms with Crippen molar-refractivity contribution in [2.75, 3.05) is 17.3 Å². The molecule has 0 saturated carbocycles. The molecule has 2 aromatic heterocycles. The number of benzene rings is 1. The normalized spacial score (nSPS) is 18.7. The molecule has 1 aliphatic rings. The number of hydrogen-bond acceptors (Lipinski definition) is 7. The summed E-state index contributed by atoms with van der Waals surface area (Å²) in [7, 11) is -3.09. The van der Waals surface area contributed by atoms with Crippen LogP contribution in [0.5, 0.6) is 0 Å². The SMILES string of the molecule is CC[C@H](C)N(C(=O)CSc1ncnc2scc(-c3ccc(F)cc3)c12)[C@@H]1CCS(=O)(=O)C1. The number of rotatable bonds is 7. The highest BCUT2D eigenvalue weighted by molar-refractivity contribution is 8.00. The lowest BCUT2D eigenvalue weighted by Gasteiger charge is -2.33. The number of thiophene rings is 1. The lowest BCUT2D eigenvalue weighted by atomic mass is 10.1. The van der Waals surface area contributed by atoms with E-state index in [9.17, 15) is 17.6 Å². The van der Waals surface area contributed by atoms with E-state index in [1.807, 2.05) is 19.2 Å². The first kappa shape index (κ1) is 23.1. The van der Waals surface area contributed by atoms with Crippen molar-refractivity contribution >= 4 is 49.1 Å². The molecular formula is C22H24FN3O3S3. The fourth-order valence-corrected chi connectivity index (χ4v) is 7.58. The van der Waals surface area contributed by atoms with Crippen LogP contribution in [0, 0.1) is 5.82 Å². The molecular weight excluding hydrogens is 469 g/mol. The topological polar surface area (TPSA) is 80.2 Å². The molecule has 1 amide bonds. The minimum absolute atomic E-state index is 0.0325. The Morgan fingerprint density at radius 1 is 1.31 bits per heavy atom. The Morgan fingerprint density at radius 3 is 2.72 bits per heavy atom. The summed E-state index contributed by atoms with van der Waals surface area (Å²) in [6, 6.07) is 5.95. The number of fused-ring (bicyclic) bond motifs is 1. The van der Waals surface area contributed by atoms with Crippen LogP contribution >= 0.6 is 23.1 Å². The lowest BCUT2D eigenvalue weighted by molar-refractivity contribution is -0.132. The van der Waals surface area contributed by atoms with Gasteiger partial charge in [-0.3, -0.25) is 4.79 Å². The molecule has 0 spiro atoms. The van der Waals surface area contributed by atoms with Gasteiger partial charge in [0.05, 0.1) is 22.6 Å². The van der Waals surface area contributed by atoms with Crippen molar-refractivity contribution in [3.63, 3.8) is 0 Å². The number of thioether (sulfide) groups is 1. The van der Waals surface area contributed by atoms with Gasteiger partial charge < -0.3 is 4.90 Å². The van der Waals surface area contributed by atoms with Crippen LogP contribution in [0.1, 0.15) is 26.7 Å². The van der Waals surface area contributed by atoms with Gasteiger partial charge in [0.15, 0.2) is 9.84 Å². The van der Waals surface area contributed by atoms with Crippen molar-refractivity contribution < 1.29 is 17.6 Å². The van der Waals surface area contributed by atoms with Crippen molar-refractivity contribution in [2.45, 2.75) is 43.8 Å². The van der Waals surface area contributed by atoms with E-state index in [0.29, 0.717) is 11.4 Å². The molecule has 6 nitrogen and oxygen atoms in total. The second kappa shape index (κ2) is 9.44. The van der Waals surface area contributed by atoms with E-state index in [2.05, 4.69) is 9.97 Å². The van der Waals surface area contributed by atoms with Gasteiger partial charge in [0.2, 0.25) is 5.91 Å². The van der Waals surface area contributed by atoms with Crippen molar-refractivity contribution in [3.8, 4) is 11.1 Å². The zero-order chi connectivity index (χ0) is 22.9. The van der Waals surface area contributed by atoms with Gasteiger partial charge in [-0.1, -0.05) is 30.8 Å². The molecule has 10 heteroatoms. The number of nitrogens with zero attached hydrogens (tertiary/aromatic N) is 3. The molecule has 170 valence electrons. The second-order valence-corrected chi connectivity index (χ2v) is 12.0. The molecule has 1 saturated heterocycles. The van der Waals surface area contributed by atoms with Crippen molar-refractivity contribution in [1.29, 1.82) is 0 Å². The van der Waals surface area contributed by atoms with Gasteiger partial charge in [-0.2, -0.15) is 0 Å². The summed E-state index contributed by atoms with van der Waals surface area (Å²) < 4.78 is 37.3. The highest BCUT2D eigenvalue weighted by Gasteiger charge is 2.36. The predicted molar refractivity (Wildman–Crippen MR) is 127 cm³/mol. The monoisotopic (exact) mass is 493 g/mol. The highest BCUT2D eigenvalue weighted by Crippen LogP contribution is 2.38. The van der Waals surface area contributed by atoms with Crippen molar-refractivity contribution in [1.82, 2.24) is 14.9 Å². The molecule has 1 aliphatic heterocycles. The number of carbonyl (C=O) groups is 1. The first-order chi connectivity index (χ1) is 15.3. The Balaban J connectivity index is 1.58. The Labute approximate surface area is 195 Å². The van der Waals surface area contributed by atoms with Crippen LogP contribution in [0.4, 0.5) is 4.39 Å². The van der Waals surface area contributed by atoms with Crippen LogP contribution in [-0.4, -0.2) is 58.5 Å². The van der Waals surface area contributed by atoms with Crippen LogP contribution in [-0.2, 0) is 14.6 Å². The third-order valence-corrected chi connectivity index (χ3v) is 9.39. The number of carbonyl (C=O) groups excluding carboxylic acids is 1. The summed E-state index contributed by atoms with van der Waals surface area (Å²) in [5.41, 5.74) is 1.76. The number of amides is 1. The van der Waals surface area contributed by atoms with E-state index >= 15 is 0 Å². The fraction of sp³-hybridized carbons (Fsp3) is 0.409. The summed E-state index contributed by atoms with van der Waals surface area (Å²) in [5, 5.41) is 3.50. The molecule has 0 N–H and O–H groups in total. The molecule has 3 aromatic rings. The van der Waals surface area contributed by atoms with Crippen LogP contribution in [0.25, 0.3) is 21.3 Å². The minimum Gasteiger partial charge on any atom is -0.335 e. The first-order valence-electron chi connectivity index (χ1n) is 10.4. The van der Waals surface area contributed by atoms with E-state index in [0.717, 1.165) is 27.8 Å². The van der Waals surface area contributed by atoms with Crippen LogP contribution < -0.4 is 0 Å². The smallest absolute Gasteiger partial charge is 0.233 e. The third-order valence-electron chi connectivity index (χ3n) is 5.78. The van der Waals surface area contributed by atoms with E-state index in [-0.39, 0.29) is 41.1 Å². The lowest BCUT2D eigenvalue weighted by Crippen LogP contribution is -2.47. The maximum atomic E-state index is 13.4. The third kappa shape index (κ3) is 4.82.